The van der Waals surface area contributed by atoms with Gasteiger partial charge in [0.15, 0.2) is 0 Å². The lowest BCUT2D eigenvalue weighted by molar-refractivity contribution is 0.105. The molecule has 0 aromatic rings. The number of hydrogen-bond acceptors (Lipinski definition) is 2. The topological polar surface area (TPSA) is 21.3 Å². The average Bonchev–Trinajstić information content (AvgIpc) is 2.10. The van der Waals surface area contributed by atoms with Crippen LogP contribution in [0.1, 0.15) is 48.0 Å². The lowest BCUT2D eigenvalue weighted by atomic mass is 9.76. The van der Waals surface area contributed by atoms with Gasteiger partial charge in [-0.15, -0.1) is 0 Å². The highest BCUT2D eigenvalue weighted by Crippen LogP contribution is 2.30. The van der Waals surface area contributed by atoms with Crippen LogP contribution in [-0.2, 0) is 4.74 Å². The Morgan fingerprint density at radius 1 is 1.13 bits per heavy atom. The second kappa shape index (κ2) is 5.86. The Kier molecular flexibility index (Phi) is 5.82. The van der Waals surface area contributed by atoms with Gasteiger partial charge in [-0.1, -0.05) is 20.8 Å². The summed E-state index contributed by atoms with van der Waals surface area (Å²) in [7, 11) is 1.78. The summed E-state index contributed by atoms with van der Waals surface area (Å²) in [5.41, 5.74) is 0.520. The molecule has 92 valence electrons. The smallest absolute Gasteiger partial charge is 0.0468 e. The van der Waals surface area contributed by atoms with Gasteiger partial charge in [-0.05, 0) is 38.5 Å². The van der Waals surface area contributed by atoms with Crippen LogP contribution >= 0.6 is 0 Å². The van der Waals surface area contributed by atoms with E-state index < -0.39 is 0 Å². The molecule has 2 heteroatoms. The maximum atomic E-state index is 5.19. The first kappa shape index (κ1) is 14.9. The Morgan fingerprint density at radius 3 is 2.00 bits per heavy atom. The summed E-state index contributed by atoms with van der Waals surface area (Å²) in [6.07, 6.45) is 1.12. The van der Waals surface area contributed by atoms with Crippen molar-refractivity contribution < 1.29 is 4.74 Å². The largest absolute Gasteiger partial charge is 0.385 e. The first-order chi connectivity index (χ1) is 6.71. The van der Waals surface area contributed by atoms with Crippen LogP contribution in [0.5, 0.6) is 0 Å². The van der Waals surface area contributed by atoms with Crippen molar-refractivity contribution in [2.75, 3.05) is 20.3 Å². The molecule has 0 aromatic heterocycles. The molecule has 0 aromatic carbocycles. The molecule has 2 nitrogen and oxygen atoms in total. The molecule has 1 N–H and O–H groups in total. The fraction of sp³-hybridized carbons (Fsp3) is 1.00. The molecule has 0 bridgehead atoms. The van der Waals surface area contributed by atoms with Crippen LogP contribution in [0, 0.1) is 11.3 Å². The number of nitrogens with one attached hydrogen (secondary N) is 1. The van der Waals surface area contributed by atoms with Gasteiger partial charge >= 0.3 is 0 Å². The quantitative estimate of drug-likeness (QED) is 0.735. The lowest BCUT2D eigenvalue weighted by Crippen LogP contribution is -2.45. The molecular weight excluding hydrogens is 186 g/mol. The normalized spacial score (nSPS) is 16.8. The van der Waals surface area contributed by atoms with E-state index in [4.69, 9.17) is 4.74 Å². The lowest BCUT2D eigenvalue weighted by Gasteiger charge is -2.37. The zero-order valence-electron chi connectivity index (χ0n) is 11.6. The number of rotatable bonds is 6. The summed E-state index contributed by atoms with van der Waals surface area (Å²) in [5.74, 6) is 0.669. The van der Waals surface area contributed by atoms with Crippen molar-refractivity contribution in [3.05, 3.63) is 0 Å². The molecule has 0 aliphatic carbocycles. The van der Waals surface area contributed by atoms with Gasteiger partial charge in [-0.2, -0.15) is 0 Å². The molecule has 0 radical (unpaired) electrons. The van der Waals surface area contributed by atoms with Crippen LogP contribution in [0.15, 0.2) is 0 Å². The van der Waals surface area contributed by atoms with Crippen LogP contribution in [-0.4, -0.2) is 25.8 Å². The predicted octanol–water partition coefficient (Wildman–Crippen LogP) is 3.07. The Balaban J connectivity index is 4.25. The Bertz CT molecular complexity index is 172. The fourth-order valence-electron chi connectivity index (χ4n) is 1.38. The number of methoxy groups -OCH3 is 1. The third-order valence-corrected chi connectivity index (χ3v) is 3.29. The maximum Gasteiger partial charge on any atom is 0.0468 e. The molecule has 0 saturated heterocycles. The van der Waals surface area contributed by atoms with E-state index in [9.17, 15) is 0 Å². The monoisotopic (exact) mass is 215 g/mol. The summed E-state index contributed by atoms with van der Waals surface area (Å²) in [5, 5.41) is 3.60. The number of hydrogen-bond donors (Lipinski definition) is 1. The van der Waals surface area contributed by atoms with Crippen LogP contribution in [0.4, 0.5) is 0 Å². The van der Waals surface area contributed by atoms with Gasteiger partial charge < -0.3 is 10.1 Å². The Labute approximate surface area is 95.8 Å². The second-order valence-electron chi connectivity index (χ2n) is 6.16. The van der Waals surface area contributed by atoms with Gasteiger partial charge in [0.05, 0.1) is 0 Å². The molecule has 15 heavy (non-hydrogen) atoms. The molecule has 0 spiro atoms. The van der Waals surface area contributed by atoms with Gasteiger partial charge in [0.1, 0.15) is 0 Å². The minimum Gasteiger partial charge on any atom is -0.385 e. The summed E-state index contributed by atoms with van der Waals surface area (Å²) in [6.45, 7) is 15.5. The summed E-state index contributed by atoms with van der Waals surface area (Å²) < 4.78 is 5.19. The van der Waals surface area contributed by atoms with E-state index in [-0.39, 0.29) is 5.54 Å². The SMILES string of the molecule is COCCC(C)(CNC(C)(C)C)C(C)C. The first-order valence-corrected chi connectivity index (χ1v) is 5.95. The molecule has 0 fully saturated rings. The van der Waals surface area contributed by atoms with Crippen molar-refractivity contribution in [2.24, 2.45) is 11.3 Å². The van der Waals surface area contributed by atoms with Crippen molar-refractivity contribution in [2.45, 2.75) is 53.5 Å². The summed E-state index contributed by atoms with van der Waals surface area (Å²) in [4.78, 5) is 0. The van der Waals surface area contributed by atoms with Crippen molar-refractivity contribution >= 4 is 0 Å². The van der Waals surface area contributed by atoms with Crippen LogP contribution < -0.4 is 5.32 Å². The van der Waals surface area contributed by atoms with E-state index in [2.05, 4.69) is 46.9 Å². The van der Waals surface area contributed by atoms with Gasteiger partial charge in [-0.3, -0.25) is 0 Å². The molecule has 0 saturated carbocycles. The molecule has 0 aliphatic rings. The van der Waals surface area contributed by atoms with Gasteiger partial charge in [0.25, 0.3) is 0 Å². The standard InChI is InChI=1S/C13H29NO/c1-11(2)13(6,8-9-15-7)10-14-12(3,4)5/h11,14H,8-10H2,1-7H3. The third-order valence-electron chi connectivity index (χ3n) is 3.29. The minimum atomic E-state index is 0.198. The molecule has 0 rings (SSSR count). The number of ether oxygens (including phenoxy) is 1. The summed E-state index contributed by atoms with van der Waals surface area (Å²) >= 11 is 0. The van der Waals surface area contributed by atoms with Crippen molar-refractivity contribution in [1.29, 1.82) is 0 Å². The van der Waals surface area contributed by atoms with Gasteiger partial charge in [0, 0.05) is 25.8 Å². The maximum absolute atomic E-state index is 5.19. The van der Waals surface area contributed by atoms with Crippen LogP contribution in [0.25, 0.3) is 0 Å². The highest BCUT2D eigenvalue weighted by molar-refractivity contribution is 4.83. The molecule has 0 amide bonds. The van der Waals surface area contributed by atoms with Crippen molar-refractivity contribution in [3.8, 4) is 0 Å². The van der Waals surface area contributed by atoms with Crippen molar-refractivity contribution in [3.63, 3.8) is 0 Å². The van der Waals surface area contributed by atoms with Crippen molar-refractivity contribution in [1.82, 2.24) is 5.32 Å². The van der Waals surface area contributed by atoms with Gasteiger partial charge in [0.2, 0.25) is 0 Å². The second-order valence-corrected chi connectivity index (χ2v) is 6.16. The molecular formula is C13H29NO. The first-order valence-electron chi connectivity index (χ1n) is 5.95. The van der Waals surface area contributed by atoms with E-state index in [0.717, 1.165) is 19.6 Å². The van der Waals surface area contributed by atoms with E-state index in [0.29, 0.717) is 11.3 Å². The highest BCUT2D eigenvalue weighted by Gasteiger charge is 2.29. The fourth-order valence-corrected chi connectivity index (χ4v) is 1.38. The van der Waals surface area contributed by atoms with Crippen LogP contribution in [0.3, 0.4) is 0 Å². The molecule has 0 heterocycles. The zero-order valence-corrected chi connectivity index (χ0v) is 11.6. The van der Waals surface area contributed by atoms with Crippen LogP contribution in [0.2, 0.25) is 0 Å². The summed E-state index contributed by atoms with van der Waals surface area (Å²) in [6, 6.07) is 0. The average molecular weight is 215 g/mol. The van der Waals surface area contributed by atoms with Gasteiger partial charge in [-0.25, -0.2) is 0 Å². The van der Waals surface area contributed by atoms with E-state index in [1.54, 1.807) is 7.11 Å². The van der Waals surface area contributed by atoms with E-state index in [1.165, 1.54) is 0 Å². The molecule has 1 atom stereocenters. The van der Waals surface area contributed by atoms with E-state index in [1.807, 2.05) is 0 Å². The highest BCUT2D eigenvalue weighted by atomic mass is 16.5. The minimum absolute atomic E-state index is 0.198. The predicted molar refractivity (Wildman–Crippen MR) is 67.2 cm³/mol. The Morgan fingerprint density at radius 2 is 1.67 bits per heavy atom. The Hall–Kier alpha value is -0.0800. The molecule has 1 unspecified atom stereocenters. The molecule has 0 aliphatic heterocycles. The third kappa shape index (κ3) is 6.16. The zero-order chi connectivity index (χ0) is 12.1. The van der Waals surface area contributed by atoms with E-state index >= 15 is 0 Å².